The van der Waals surface area contributed by atoms with Crippen LogP contribution in [0.5, 0.6) is 0 Å². The molecule has 0 aromatic heterocycles. The van der Waals surface area contributed by atoms with E-state index in [-0.39, 0.29) is 37.2 Å². The average molecular weight is 501 g/mol. The minimum Gasteiger partial charge on any atom is -0.390 e. The Kier molecular flexibility index (Phi) is 5.47. The zero-order chi connectivity index (χ0) is 24.0. The van der Waals surface area contributed by atoms with Crippen LogP contribution in [0.25, 0.3) is 0 Å². The van der Waals surface area contributed by atoms with E-state index in [0.29, 0.717) is 0 Å². The Morgan fingerprint density at radius 1 is 0.818 bits per heavy atom. The number of methoxy groups -OCH3 is 1. The Balaban J connectivity index is 1.67. The van der Waals surface area contributed by atoms with E-state index in [1.807, 2.05) is 0 Å². The van der Waals surface area contributed by atoms with Crippen molar-refractivity contribution < 1.29 is 39.2 Å². The Bertz CT molecular complexity index is 934. The molecule has 33 heavy (non-hydrogen) atoms. The van der Waals surface area contributed by atoms with Crippen molar-refractivity contribution in [3.8, 4) is 0 Å². The van der Waals surface area contributed by atoms with Crippen LogP contribution in [0.2, 0.25) is 0 Å². The standard InChI is InChI=1S/C21H28N2O8S2/c1-31-13-5-11(25)9-7-21(33-3)18(29)22-14-8(10(24)4-12(26)16(14)27)6-20(22,32-2)19(30)23(21)15(9)17(13)28/h8-9,12-17,26-28H,4-7H2,1-3H3/t8-,9-,12-,13-,14-,15-,16-,17-,20+,21+/m0/s1. The first kappa shape index (κ1) is 23.6. The van der Waals surface area contributed by atoms with E-state index in [0.717, 1.165) is 23.5 Å². The molecular formula is C21H28N2O8S2. The van der Waals surface area contributed by atoms with Crippen molar-refractivity contribution in [1.82, 2.24) is 9.80 Å². The molecule has 3 heterocycles. The zero-order valence-electron chi connectivity index (χ0n) is 18.5. The number of aliphatic hydroxyl groups is 3. The number of ether oxygens (including phenoxy) is 1. The molecule has 2 aliphatic carbocycles. The number of amides is 2. The molecular weight excluding hydrogens is 472 g/mol. The molecule has 3 N–H and O–H groups in total. The van der Waals surface area contributed by atoms with E-state index < -0.39 is 69.9 Å². The highest BCUT2D eigenvalue weighted by Gasteiger charge is 2.76. The lowest BCUT2D eigenvalue weighted by atomic mass is 9.79. The number of carbonyl (C=O) groups excluding carboxylic acids is 4. The number of thioether (sulfide) groups is 2. The lowest BCUT2D eigenvalue weighted by molar-refractivity contribution is -0.176. The molecule has 5 rings (SSSR count). The summed E-state index contributed by atoms with van der Waals surface area (Å²) in [7, 11) is 1.40. The molecule has 10 atom stereocenters. The van der Waals surface area contributed by atoms with Gasteiger partial charge in [-0.3, -0.25) is 19.2 Å². The van der Waals surface area contributed by atoms with Crippen LogP contribution >= 0.6 is 23.5 Å². The van der Waals surface area contributed by atoms with E-state index >= 15 is 0 Å². The lowest BCUT2D eigenvalue weighted by Gasteiger charge is -2.55. The van der Waals surface area contributed by atoms with Crippen molar-refractivity contribution in [2.24, 2.45) is 11.8 Å². The van der Waals surface area contributed by atoms with E-state index in [1.165, 1.54) is 16.9 Å². The second-order valence-corrected chi connectivity index (χ2v) is 11.8. The molecule has 0 spiro atoms. The first-order valence-electron chi connectivity index (χ1n) is 11.0. The number of fused-ring (bicyclic) bond motifs is 6. The van der Waals surface area contributed by atoms with Gasteiger partial charge in [0.2, 0.25) is 0 Å². The van der Waals surface area contributed by atoms with Gasteiger partial charge >= 0.3 is 0 Å². The van der Waals surface area contributed by atoms with Crippen molar-refractivity contribution in [3.05, 3.63) is 0 Å². The Labute approximate surface area is 199 Å². The van der Waals surface area contributed by atoms with Crippen molar-refractivity contribution in [2.75, 3.05) is 19.6 Å². The highest BCUT2D eigenvalue weighted by molar-refractivity contribution is 8.01. The topological polar surface area (TPSA) is 145 Å². The molecule has 3 aliphatic heterocycles. The number of piperazine rings is 1. The van der Waals surface area contributed by atoms with Gasteiger partial charge in [0, 0.05) is 44.6 Å². The van der Waals surface area contributed by atoms with Crippen LogP contribution in [0.4, 0.5) is 0 Å². The molecule has 0 aromatic rings. The molecule has 5 aliphatic rings. The highest BCUT2D eigenvalue weighted by Crippen LogP contribution is 2.60. The maximum Gasteiger partial charge on any atom is 0.261 e. The van der Waals surface area contributed by atoms with Gasteiger partial charge in [-0.25, -0.2) is 0 Å². The summed E-state index contributed by atoms with van der Waals surface area (Å²) in [6.45, 7) is 0. The van der Waals surface area contributed by atoms with Crippen molar-refractivity contribution in [3.63, 3.8) is 0 Å². The lowest BCUT2D eigenvalue weighted by Crippen LogP contribution is -2.75. The number of nitrogens with zero attached hydrogens (tertiary/aromatic N) is 2. The molecule has 2 saturated carbocycles. The van der Waals surface area contributed by atoms with E-state index in [2.05, 4.69) is 0 Å². The number of rotatable bonds is 3. The minimum atomic E-state index is -1.47. The second kappa shape index (κ2) is 7.66. The highest BCUT2D eigenvalue weighted by atomic mass is 32.2. The van der Waals surface area contributed by atoms with Crippen LogP contribution < -0.4 is 0 Å². The minimum absolute atomic E-state index is 0.001000. The summed E-state index contributed by atoms with van der Waals surface area (Å²) < 4.78 is 5.32. The summed E-state index contributed by atoms with van der Waals surface area (Å²) in [4.78, 5) is 54.1. The molecule has 3 saturated heterocycles. The van der Waals surface area contributed by atoms with Gasteiger partial charge in [-0.15, -0.1) is 23.5 Å². The SMILES string of the molecule is CO[C@H]1CC(=O)[C@@H]2C[C@@]3(SC)C(=O)N4[C@@H]5[C@@H](O)[C@@H](O)CC(=O)[C@@H]5C[C@@]4(SC)C(=O)N3[C@@H]2[C@H]1O. The fourth-order valence-electron chi connectivity index (χ4n) is 6.78. The van der Waals surface area contributed by atoms with Gasteiger partial charge in [-0.05, 0) is 12.5 Å². The first-order chi connectivity index (χ1) is 15.6. The maximum atomic E-state index is 14.3. The van der Waals surface area contributed by atoms with Gasteiger partial charge in [0.05, 0.1) is 24.3 Å². The molecule has 0 bridgehead atoms. The summed E-state index contributed by atoms with van der Waals surface area (Å²) in [5.41, 5.74) is 0. The molecule has 182 valence electrons. The van der Waals surface area contributed by atoms with Crippen LogP contribution in [-0.2, 0) is 23.9 Å². The van der Waals surface area contributed by atoms with Gasteiger partial charge in [-0.2, -0.15) is 0 Å². The van der Waals surface area contributed by atoms with E-state index in [9.17, 15) is 34.5 Å². The predicted octanol–water partition coefficient (Wildman–Crippen LogP) is -1.40. The van der Waals surface area contributed by atoms with Crippen molar-refractivity contribution in [2.45, 2.75) is 71.9 Å². The van der Waals surface area contributed by atoms with Gasteiger partial charge in [0.15, 0.2) is 9.74 Å². The number of Topliss-reactive ketones (excluding diaryl/α,β-unsaturated/α-hetero) is 2. The Morgan fingerprint density at radius 2 is 1.27 bits per heavy atom. The molecule has 0 radical (unpaired) electrons. The summed E-state index contributed by atoms with van der Waals surface area (Å²) in [6, 6.07) is -1.94. The third-order valence-electron chi connectivity index (χ3n) is 8.39. The van der Waals surface area contributed by atoms with E-state index in [1.54, 1.807) is 12.5 Å². The van der Waals surface area contributed by atoms with Crippen LogP contribution in [0, 0.1) is 11.8 Å². The summed E-state index contributed by atoms with van der Waals surface area (Å²) >= 11 is 2.24. The maximum absolute atomic E-state index is 14.3. The Morgan fingerprint density at radius 3 is 1.73 bits per heavy atom. The van der Waals surface area contributed by atoms with Gasteiger partial charge < -0.3 is 29.9 Å². The summed E-state index contributed by atoms with van der Waals surface area (Å²) in [6.07, 6.45) is -1.44. The van der Waals surface area contributed by atoms with Gasteiger partial charge in [-0.1, -0.05) is 0 Å². The number of hydrogen-bond acceptors (Lipinski definition) is 10. The van der Waals surface area contributed by atoms with Crippen LogP contribution in [-0.4, -0.2) is 114 Å². The van der Waals surface area contributed by atoms with Crippen molar-refractivity contribution >= 4 is 46.9 Å². The molecule has 2 amide bonds. The third-order valence-corrected chi connectivity index (χ3v) is 10.8. The second-order valence-electron chi connectivity index (χ2n) is 9.59. The van der Waals surface area contributed by atoms with Crippen LogP contribution in [0.15, 0.2) is 0 Å². The quantitative estimate of drug-likeness (QED) is 0.423. The molecule has 10 nitrogen and oxygen atoms in total. The van der Waals surface area contributed by atoms with E-state index in [4.69, 9.17) is 4.74 Å². The summed E-state index contributed by atoms with van der Waals surface area (Å²) in [5.74, 6) is -2.87. The third kappa shape index (κ3) is 2.73. The number of hydrogen-bond donors (Lipinski definition) is 3. The summed E-state index contributed by atoms with van der Waals surface area (Å²) in [5, 5.41) is 32.2. The normalized spacial score (nSPS) is 49.2. The number of ketones is 2. The predicted molar refractivity (Wildman–Crippen MR) is 118 cm³/mol. The largest absolute Gasteiger partial charge is 0.390 e. The van der Waals surface area contributed by atoms with Gasteiger partial charge in [0.25, 0.3) is 11.8 Å². The fourth-order valence-corrected chi connectivity index (χ4v) is 8.82. The van der Waals surface area contributed by atoms with Crippen molar-refractivity contribution in [1.29, 1.82) is 0 Å². The molecule has 12 heteroatoms. The van der Waals surface area contributed by atoms with Crippen LogP contribution in [0.1, 0.15) is 25.7 Å². The number of carbonyl (C=O) groups is 4. The first-order valence-corrected chi connectivity index (χ1v) is 13.4. The smallest absolute Gasteiger partial charge is 0.261 e. The molecule has 0 aromatic carbocycles. The average Bonchev–Trinajstić information content (AvgIpc) is 3.35. The molecule has 5 fully saturated rings. The fraction of sp³-hybridized carbons (Fsp3) is 0.810. The zero-order valence-corrected chi connectivity index (χ0v) is 20.2. The molecule has 0 unspecified atom stereocenters. The van der Waals surface area contributed by atoms with Crippen LogP contribution in [0.3, 0.4) is 0 Å². The Hall–Kier alpha value is -1.18. The number of aliphatic hydroxyl groups excluding tert-OH is 3. The monoisotopic (exact) mass is 500 g/mol. The van der Waals surface area contributed by atoms with Gasteiger partial charge in [0.1, 0.15) is 23.8 Å².